The van der Waals surface area contributed by atoms with E-state index in [2.05, 4.69) is 6.92 Å². The molecule has 0 fully saturated rings. The summed E-state index contributed by atoms with van der Waals surface area (Å²) < 4.78 is 11.6. The summed E-state index contributed by atoms with van der Waals surface area (Å²) in [6, 6.07) is 8.47. The van der Waals surface area contributed by atoms with Crippen molar-refractivity contribution >= 4 is 5.78 Å². The summed E-state index contributed by atoms with van der Waals surface area (Å²) in [5, 5.41) is 20.0. The molecule has 28 heavy (non-hydrogen) atoms. The number of aromatic nitrogens is 1. The van der Waals surface area contributed by atoms with E-state index in [0.717, 1.165) is 17.4 Å². The first-order valence-electron chi connectivity index (χ1n) is 9.09. The maximum absolute atomic E-state index is 13.1. The minimum atomic E-state index is -0.650. The second-order valence-electron chi connectivity index (χ2n) is 6.32. The molecular formula is C21H24N2O5. The van der Waals surface area contributed by atoms with Crippen LogP contribution in [0, 0.1) is 18.3 Å². The van der Waals surface area contributed by atoms with Crippen molar-refractivity contribution in [2.75, 3.05) is 20.3 Å². The van der Waals surface area contributed by atoms with Gasteiger partial charge in [-0.25, -0.2) is 0 Å². The molecule has 1 aromatic heterocycles. The molecule has 0 spiro atoms. The molecule has 0 radical (unpaired) electrons. The van der Waals surface area contributed by atoms with E-state index in [9.17, 15) is 20.0 Å². The number of pyridine rings is 1. The van der Waals surface area contributed by atoms with Gasteiger partial charge in [-0.3, -0.25) is 14.2 Å². The van der Waals surface area contributed by atoms with Crippen molar-refractivity contribution in [3.63, 3.8) is 0 Å². The van der Waals surface area contributed by atoms with E-state index in [1.165, 1.54) is 14.0 Å². The summed E-state index contributed by atoms with van der Waals surface area (Å²) in [7, 11) is 1.46. The van der Waals surface area contributed by atoms with Gasteiger partial charge in [-0.15, -0.1) is 0 Å². The molecule has 148 valence electrons. The number of hydrogen-bond donors (Lipinski definition) is 1. The molecular weight excluding hydrogens is 360 g/mol. The SMILES string of the molecule is CCCCOc1cccc(C(=O)c2c(C)c(C#N)c(=O)n(CCOC)c2O)c1. The smallest absolute Gasteiger partial charge is 0.271 e. The molecule has 0 aliphatic rings. The molecule has 0 unspecified atom stereocenters. The minimum Gasteiger partial charge on any atom is -0.494 e. The normalized spacial score (nSPS) is 10.5. The number of rotatable bonds is 9. The lowest BCUT2D eigenvalue weighted by atomic mass is 9.97. The van der Waals surface area contributed by atoms with Crippen molar-refractivity contribution in [2.45, 2.75) is 33.2 Å². The molecule has 0 aliphatic carbocycles. The maximum Gasteiger partial charge on any atom is 0.271 e. The van der Waals surface area contributed by atoms with Gasteiger partial charge in [-0.1, -0.05) is 25.5 Å². The van der Waals surface area contributed by atoms with E-state index in [0.29, 0.717) is 17.9 Å². The second kappa shape index (κ2) is 9.72. The van der Waals surface area contributed by atoms with Gasteiger partial charge in [-0.2, -0.15) is 5.26 Å². The highest BCUT2D eigenvalue weighted by molar-refractivity contribution is 6.11. The zero-order valence-electron chi connectivity index (χ0n) is 16.3. The van der Waals surface area contributed by atoms with E-state index in [4.69, 9.17) is 9.47 Å². The molecule has 0 bridgehead atoms. The van der Waals surface area contributed by atoms with Crippen LogP contribution in [0.3, 0.4) is 0 Å². The Bertz CT molecular complexity index is 956. The van der Waals surface area contributed by atoms with Crippen LogP contribution in [-0.4, -0.2) is 35.8 Å². The van der Waals surface area contributed by atoms with E-state index in [1.54, 1.807) is 24.3 Å². The highest BCUT2D eigenvalue weighted by Crippen LogP contribution is 2.26. The number of ether oxygens (including phenoxy) is 2. The van der Waals surface area contributed by atoms with Crippen LogP contribution in [0.5, 0.6) is 11.6 Å². The zero-order chi connectivity index (χ0) is 20.7. The van der Waals surface area contributed by atoms with Crippen molar-refractivity contribution < 1.29 is 19.4 Å². The Labute approximate surface area is 163 Å². The number of ketones is 1. The van der Waals surface area contributed by atoms with Crippen LogP contribution in [0.25, 0.3) is 0 Å². The first kappa shape index (κ1) is 21.2. The molecule has 1 aromatic carbocycles. The average molecular weight is 384 g/mol. The molecule has 0 atom stereocenters. The molecule has 2 rings (SSSR count). The lowest BCUT2D eigenvalue weighted by molar-refractivity contribution is 0.103. The lowest BCUT2D eigenvalue weighted by Crippen LogP contribution is -2.28. The number of methoxy groups -OCH3 is 1. The number of carbonyl (C=O) groups is 1. The predicted octanol–water partition coefficient (Wildman–Crippen LogP) is 2.79. The van der Waals surface area contributed by atoms with E-state index < -0.39 is 17.2 Å². The van der Waals surface area contributed by atoms with Crippen LogP contribution in [0.4, 0.5) is 0 Å². The Morgan fingerprint density at radius 3 is 2.71 bits per heavy atom. The molecule has 1 N–H and O–H groups in total. The maximum atomic E-state index is 13.1. The van der Waals surface area contributed by atoms with Gasteiger partial charge >= 0.3 is 0 Å². The predicted molar refractivity (Wildman–Crippen MR) is 104 cm³/mol. The monoisotopic (exact) mass is 384 g/mol. The van der Waals surface area contributed by atoms with Crippen molar-refractivity contribution in [3.8, 4) is 17.7 Å². The van der Waals surface area contributed by atoms with Crippen molar-refractivity contribution in [1.82, 2.24) is 4.57 Å². The summed E-state index contributed by atoms with van der Waals surface area (Å²) in [4.78, 5) is 25.6. The van der Waals surface area contributed by atoms with Crippen molar-refractivity contribution in [3.05, 3.63) is 56.9 Å². The minimum absolute atomic E-state index is 0.0244. The molecule has 1 heterocycles. The molecule has 0 saturated heterocycles. The van der Waals surface area contributed by atoms with Gasteiger partial charge in [0, 0.05) is 12.7 Å². The zero-order valence-corrected chi connectivity index (χ0v) is 16.3. The topological polar surface area (TPSA) is 102 Å². The number of unbranched alkanes of at least 4 members (excludes halogenated alkanes) is 1. The van der Waals surface area contributed by atoms with E-state index >= 15 is 0 Å². The Morgan fingerprint density at radius 1 is 1.32 bits per heavy atom. The van der Waals surface area contributed by atoms with Crippen LogP contribution in [-0.2, 0) is 11.3 Å². The van der Waals surface area contributed by atoms with Gasteiger partial charge in [0.25, 0.3) is 5.56 Å². The lowest BCUT2D eigenvalue weighted by Gasteiger charge is -2.15. The number of nitrogens with zero attached hydrogens (tertiary/aromatic N) is 2. The number of aromatic hydroxyl groups is 1. The van der Waals surface area contributed by atoms with Gasteiger partial charge in [0.05, 0.1) is 25.3 Å². The molecule has 0 amide bonds. The summed E-state index contributed by atoms with van der Waals surface area (Å²) in [5.74, 6) is -0.413. The Kier molecular flexibility index (Phi) is 7.36. The molecule has 0 saturated carbocycles. The first-order chi connectivity index (χ1) is 13.5. The highest BCUT2D eigenvalue weighted by atomic mass is 16.5. The molecule has 7 heteroatoms. The molecule has 7 nitrogen and oxygen atoms in total. The summed E-state index contributed by atoms with van der Waals surface area (Å²) in [6.07, 6.45) is 1.89. The average Bonchev–Trinajstić information content (AvgIpc) is 2.68. The van der Waals surface area contributed by atoms with Crippen LogP contribution in [0.2, 0.25) is 0 Å². The number of hydrogen-bond acceptors (Lipinski definition) is 6. The summed E-state index contributed by atoms with van der Waals surface area (Å²) >= 11 is 0. The quantitative estimate of drug-likeness (QED) is 0.527. The van der Waals surface area contributed by atoms with Gasteiger partial charge < -0.3 is 14.6 Å². The Morgan fingerprint density at radius 2 is 2.07 bits per heavy atom. The fourth-order valence-electron chi connectivity index (χ4n) is 2.82. The third kappa shape index (κ3) is 4.41. The fraction of sp³-hybridized carbons (Fsp3) is 0.381. The Hall–Kier alpha value is -3.11. The van der Waals surface area contributed by atoms with Gasteiger partial charge in [-0.05, 0) is 31.0 Å². The highest BCUT2D eigenvalue weighted by Gasteiger charge is 2.25. The Balaban J connectivity index is 2.52. The molecule has 2 aromatic rings. The van der Waals surface area contributed by atoms with E-state index in [-0.39, 0.29) is 29.8 Å². The van der Waals surface area contributed by atoms with Gasteiger partial charge in [0.1, 0.15) is 17.4 Å². The van der Waals surface area contributed by atoms with Crippen molar-refractivity contribution in [2.24, 2.45) is 0 Å². The van der Waals surface area contributed by atoms with Crippen LogP contribution in [0.15, 0.2) is 29.1 Å². The van der Waals surface area contributed by atoms with Crippen LogP contribution in [0.1, 0.15) is 46.8 Å². The number of benzene rings is 1. The largest absolute Gasteiger partial charge is 0.494 e. The third-order valence-electron chi connectivity index (χ3n) is 4.41. The van der Waals surface area contributed by atoms with E-state index in [1.807, 2.05) is 6.07 Å². The first-order valence-corrected chi connectivity index (χ1v) is 9.09. The van der Waals surface area contributed by atoms with Gasteiger partial charge in [0.2, 0.25) is 5.88 Å². The number of carbonyl (C=O) groups excluding carboxylic acids is 1. The fourth-order valence-corrected chi connectivity index (χ4v) is 2.82. The standard InChI is InChI=1S/C21H24N2O5/c1-4-5-10-28-16-8-6-7-15(12-16)19(24)18-14(2)17(13-22)20(25)23(21(18)26)9-11-27-3/h6-8,12,26H,4-5,9-11H2,1-3H3. The van der Waals surface area contributed by atoms with Crippen molar-refractivity contribution in [1.29, 1.82) is 5.26 Å². The van der Waals surface area contributed by atoms with Crippen LogP contribution < -0.4 is 10.3 Å². The number of nitriles is 1. The molecule has 0 aliphatic heterocycles. The summed E-state index contributed by atoms with van der Waals surface area (Å²) in [6.45, 7) is 4.25. The third-order valence-corrected chi connectivity index (χ3v) is 4.41. The van der Waals surface area contributed by atoms with Gasteiger partial charge in [0.15, 0.2) is 5.78 Å². The summed E-state index contributed by atoms with van der Waals surface area (Å²) in [5.41, 5.74) is -0.442. The van der Waals surface area contributed by atoms with Crippen LogP contribution >= 0.6 is 0 Å². The second-order valence-corrected chi connectivity index (χ2v) is 6.32.